The molecule has 2 saturated heterocycles. The molecule has 16 heavy (non-hydrogen) atoms. The maximum atomic E-state index is 11.4. The van der Waals surface area contributed by atoms with Gasteiger partial charge in [-0.25, -0.2) is 0 Å². The highest BCUT2D eigenvalue weighted by Gasteiger charge is 2.19. The molecule has 3 nitrogen and oxygen atoms in total. The van der Waals surface area contributed by atoms with E-state index >= 15 is 0 Å². The molecular weight excluding hydrogens is 200 g/mol. The first-order valence-corrected chi connectivity index (χ1v) is 6.24. The molecule has 3 heteroatoms. The zero-order valence-electron chi connectivity index (χ0n) is 10.0. The quantitative estimate of drug-likeness (QED) is 0.618. The van der Waals surface area contributed by atoms with Crippen molar-refractivity contribution >= 4 is 5.91 Å². The number of amides is 1. The van der Waals surface area contributed by atoms with Crippen molar-refractivity contribution in [1.29, 1.82) is 0 Å². The summed E-state index contributed by atoms with van der Waals surface area (Å²) in [6.45, 7) is 2.68. The first kappa shape index (κ1) is 11.5. The van der Waals surface area contributed by atoms with Crippen LogP contribution in [-0.4, -0.2) is 48.4 Å². The summed E-state index contributed by atoms with van der Waals surface area (Å²) in [6, 6.07) is 0.409. The molecule has 2 aliphatic rings. The van der Waals surface area contributed by atoms with E-state index in [4.69, 9.17) is 0 Å². The summed E-state index contributed by atoms with van der Waals surface area (Å²) < 4.78 is 0. The van der Waals surface area contributed by atoms with Crippen LogP contribution in [0, 0.1) is 11.8 Å². The SMILES string of the molecule is CN1CCCC[C@H]1C#CCN1CCCC1=O. The second-order valence-electron chi connectivity index (χ2n) is 4.73. The Hall–Kier alpha value is -1.01. The zero-order chi connectivity index (χ0) is 11.4. The first-order chi connectivity index (χ1) is 7.77. The standard InChI is InChI=1S/C13H20N2O/c1-14-9-3-2-6-12(14)7-4-10-15-11-5-8-13(15)16/h12H,2-3,5-6,8-11H2,1H3/t12-/m0/s1. The Balaban J connectivity index is 1.82. The Morgan fingerprint density at radius 1 is 1.31 bits per heavy atom. The third-order valence-electron chi connectivity index (χ3n) is 3.48. The van der Waals surface area contributed by atoms with Crippen LogP contribution in [0.5, 0.6) is 0 Å². The van der Waals surface area contributed by atoms with Gasteiger partial charge in [-0.05, 0) is 39.3 Å². The lowest BCUT2D eigenvalue weighted by atomic mass is 10.0. The van der Waals surface area contributed by atoms with Crippen LogP contribution in [0.3, 0.4) is 0 Å². The lowest BCUT2D eigenvalue weighted by molar-refractivity contribution is -0.127. The number of carbonyl (C=O) groups is 1. The molecule has 2 aliphatic heterocycles. The second-order valence-corrected chi connectivity index (χ2v) is 4.73. The van der Waals surface area contributed by atoms with Gasteiger partial charge in [0.25, 0.3) is 0 Å². The molecule has 0 aliphatic carbocycles. The van der Waals surface area contributed by atoms with Crippen molar-refractivity contribution in [3.05, 3.63) is 0 Å². The number of rotatable bonds is 1. The Kier molecular flexibility index (Phi) is 3.84. The monoisotopic (exact) mass is 220 g/mol. The van der Waals surface area contributed by atoms with Crippen molar-refractivity contribution in [2.75, 3.05) is 26.7 Å². The van der Waals surface area contributed by atoms with E-state index in [-0.39, 0.29) is 5.91 Å². The van der Waals surface area contributed by atoms with Crippen LogP contribution < -0.4 is 0 Å². The minimum atomic E-state index is 0.270. The fraction of sp³-hybridized carbons (Fsp3) is 0.769. The average molecular weight is 220 g/mol. The maximum Gasteiger partial charge on any atom is 0.223 e. The molecular formula is C13H20N2O. The molecule has 2 rings (SSSR count). The highest BCUT2D eigenvalue weighted by atomic mass is 16.2. The minimum Gasteiger partial charge on any atom is -0.332 e. The predicted octanol–water partition coefficient (Wildman–Crippen LogP) is 1.10. The molecule has 1 atom stereocenters. The fourth-order valence-corrected chi connectivity index (χ4v) is 2.39. The van der Waals surface area contributed by atoms with Crippen LogP contribution in [0.25, 0.3) is 0 Å². The molecule has 0 aromatic rings. The van der Waals surface area contributed by atoms with Gasteiger partial charge in [-0.15, -0.1) is 0 Å². The van der Waals surface area contributed by atoms with Crippen molar-refractivity contribution in [2.45, 2.75) is 38.1 Å². The number of hydrogen-bond donors (Lipinski definition) is 0. The van der Waals surface area contributed by atoms with Gasteiger partial charge in [0.2, 0.25) is 5.91 Å². The van der Waals surface area contributed by atoms with Gasteiger partial charge in [0, 0.05) is 13.0 Å². The van der Waals surface area contributed by atoms with E-state index in [1.165, 1.54) is 19.3 Å². The van der Waals surface area contributed by atoms with Crippen LogP contribution >= 0.6 is 0 Å². The van der Waals surface area contributed by atoms with Crippen molar-refractivity contribution in [1.82, 2.24) is 9.80 Å². The average Bonchev–Trinajstić information content (AvgIpc) is 2.67. The van der Waals surface area contributed by atoms with E-state index in [1.54, 1.807) is 0 Å². The second kappa shape index (κ2) is 5.36. The van der Waals surface area contributed by atoms with Gasteiger partial charge < -0.3 is 4.90 Å². The van der Waals surface area contributed by atoms with Crippen LogP contribution in [0.4, 0.5) is 0 Å². The van der Waals surface area contributed by atoms with Crippen molar-refractivity contribution in [3.63, 3.8) is 0 Å². The molecule has 1 amide bonds. The van der Waals surface area contributed by atoms with E-state index in [0.717, 1.165) is 19.5 Å². The molecule has 88 valence electrons. The minimum absolute atomic E-state index is 0.270. The van der Waals surface area contributed by atoms with E-state index in [9.17, 15) is 4.79 Å². The van der Waals surface area contributed by atoms with Crippen molar-refractivity contribution in [3.8, 4) is 11.8 Å². The van der Waals surface area contributed by atoms with Gasteiger partial charge in [0.1, 0.15) is 0 Å². The Morgan fingerprint density at radius 3 is 2.88 bits per heavy atom. The largest absolute Gasteiger partial charge is 0.332 e. The molecule has 0 spiro atoms. The Labute approximate surface area is 97.8 Å². The van der Waals surface area contributed by atoms with Gasteiger partial charge in [-0.3, -0.25) is 9.69 Å². The topological polar surface area (TPSA) is 23.6 Å². The highest BCUT2D eigenvalue weighted by Crippen LogP contribution is 2.14. The Bertz CT molecular complexity index is 316. The van der Waals surface area contributed by atoms with E-state index < -0.39 is 0 Å². The molecule has 0 unspecified atom stereocenters. The Morgan fingerprint density at radius 2 is 2.19 bits per heavy atom. The van der Waals surface area contributed by atoms with Gasteiger partial charge in [-0.1, -0.05) is 11.8 Å². The molecule has 0 radical (unpaired) electrons. The molecule has 0 aromatic carbocycles. The fourth-order valence-electron chi connectivity index (χ4n) is 2.39. The van der Waals surface area contributed by atoms with Crippen LogP contribution in [0.2, 0.25) is 0 Å². The third kappa shape index (κ3) is 2.76. The molecule has 0 bridgehead atoms. The molecule has 2 heterocycles. The lowest BCUT2D eigenvalue weighted by Crippen LogP contribution is -2.35. The predicted molar refractivity (Wildman–Crippen MR) is 63.9 cm³/mol. The van der Waals surface area contributed by atoms with Gasteiger partial charge in [-0.2, -0.15) is 0 Å². The summed E-state index contributed by atoms with van der Waals surface area (Å²) in [5.41, 5.74) is 0. The molecule has 0 N–H and O–H groups in total. The van der Waals surface area contributed by atoms with Crippen molar-refractivity contribution in [2.24, 2.45) is 0 Å². The van der Waals surface area contributed by atoms with Crippen LogP contribution in [0.1, 0.15) is 32.1 Å². The number of hydrogen-bond acceptors (Lipinski definition) is 2. The van der Waals surface area contributed by atoms with Gasteiger partial charge in [0.05, 0.1) is 12.6 Å². The summed E-state index contributed by atoms with van der Waals surface area (Å²) in [7, 11) is 2.14. The zero-order valence-corrected chi connectivity index (χ0v) is 10.0. The third-order valence-corrected chi connectivity index (χ3v) is 3.48. The van der Waals surface area contributed by atoms with Gasteiger partial charge in [0.15, 0.2) is 0 Å². The summed E-state index contributed by atoms with van der Waals surface area (Å²) in [4.78, 5) is 15.6. The summed E-state index contributed by atoms with van der Waals surface area (Å²) >= 11 is 0. The smallest absolute Gasteiger partial charge is 0.223 e. The maximum absolute atomic E-state index is 11.4. The molecule has 0 aromatic heterocycles. The van der Waals surface area contributed by atoms with Crippen LogP contribution in [0.15, 0.2) is 0 Å². The number of nitrogens with zero attached hydrogens (tertiary/aromatic N) is 2. The first-order valence-electron chi connectivity index (χ1n) is 6.24. The lowest BCUT2D eigenvalue weighted by Gasteiger charge is -2.28. The number of piperidine rings is 1. The number of likely N-dealkylation sites (tertiary alicyclic amines) is 2. The van der Waals surface area contributed by atoms with Gasteiger partial charge >= 0.3 is 0 Å². The van der Waals surface area contributed by atoms with Crippen LogP contribution in [-0.2, 0) is 4.79 Å². The van der Waals surface area contributed by atoms with E-state index in [2.05, 4.69) is 23.8 Å². The molecule has 0 saturated carbocycles. The summed E-state index contributed by atoms with van der Waals surface area (Å²) in [5, 5.41) is 0. The highest BCUT2D eigenvalue weighted by molar-refractivity contribution is 5.78. The van der Waals surface area contributed by atoms with E-state index in [1.807, 2.05) is 4.90 Å². The normalized spacial score (nSPS) is 26.7. The summed E-state index contributed by atoms with van der Waals surface area (Å²) in [5.74, 6) is 6.74. The number of carbonyl (C=O) groups excluding carboxylic acids is 1. The van der Waals surface area contributed by atoms with Crippen molar-refractivity contribution < 1.29 is 4.79 Å². The van der Waals surface area contributed by atoms with E-state index in [0.29, 0.717) is 19.0 Å². The molecule has 2 fully saturated rings. The summed E-state index contributed by atoms with van der Waals surface area (Å²) in [6.07, 6.45) is 5.47.